The summed E-state index contributed by atoms with van der Waals surface area (Å²) in [4.78, 5) is 0. The van der Waals surface area contributed by atoms with Crippen molar-refractivity contribution in [3.8, 4) is 0 Å². The Morgan fingerprint density at radius 3 is 2.14 bits per heavy atom. The van der Waals surface area contributed by atoms with Crippen molar-refractivity contribution in [3.05, 3.63) is 23.8 Å². The summed E-state index contributed by atoms with van der Waals surface area (Å²) in [7, 11) is -2.88. The van der Waals surface area contributed by atoms with Crippen molar-refractivity contribution in [3.63, 3.8) is 0 Å². The van der Waals surface area contributed by atoms with Crippen LogP contribution in [-0.4, -0.2) is 33.8 Å². The summed E-state index contributed by atoms with van der Waals surface area (Å²) in [6.07, 6.45) is 0. The molecule has 1 aliphatic heterocycles. The summed E-state index contributed by atoms with van der Waals surface area (Å²) in [6.45, 7) is 9.72. The Kier molecular flexibility index (Phi) is 4.34. The van der Waals surface area contributed by atoms with Crippen molar-refractivity contribution in [2.45, 2.75) is 45.8 Å². The number of hydrogen-bond donors (Lipinski definition) is 2. The van der Waals surface area contributed by atoms with Crippen LogP contribution in [0.5, 0.6) is 0 Å². The smallest absolute Gasteiger partial charge is 0.399 e. The number of hydrogen-bond acceptors (Lipinski definition) is 4. The van der Waals surface area contributed by atoms with E-state index in [1.54, 1.807) is 6.07 Å². The van der Waals surface area contributed by atoms with Gasteiger partial charge in [-0.3, -0.25) is 4.72 Å². The van der Waals surface area contributed by atoms with Crippen molar-refractivity contribution in [1.82, 2.24) is 4.72 Å². The second-order valence-electron chi connectivity index (χ2n) is 6.49. The SMILES string of the molecule is CNS(=O)(=O)Nc1cc(C)ccc1B1OC(C)(C)C(C)(C)O1. The molecule has 0 aliphatic carbocycles. The molecule has 1 aromatic rings. The van der Waals surface area contributed by atoms with Crippen LogP contribution in [0.2, 0.25) is 0 Å². The Labute approximate surface area is 132 Å². The lowest BCUT2D eigenvalue weighted by molar-refractivity contribution is 0.00578. The Hall–Kier alpha value is -1.09. The number of nitrogens with one attached hydrogen (secondary N) is 2. The molecule has 2 N–H and O–H groups in total. The summed E-state index contributed by atoms with van der Waals surface area (Å²) in [6, 6.07) is 5.48. The second kappa shape index (κ2) is 5.52. The molecule has 22 heavy (non-hydrogen) atoms. The summed E-state index contributed by atoms with van der Waals surface area (Å²) in [5, 5.41) is 0. The highest BCUT2D eigenvalue weighted by Crippen LogP contribution is 2.37. The fraction of sp³-hybridized carbons (Fsp3) is 0.571. The number of benzene rings is 1. The minimum Gasteiger partial charge on any atom is -0.399 e. The standard InChI is InChI=1S/C14H23BN2O4S/c1-10-7-8-11(12(9-10)17-22(18,19)16-6)15-20-13(2,3)14(4,5)21-15/h7-9,16-17H,1-6H3. The normalized spacial score (nSPS) is 20.2. The molecule has 1 fully saturated rings. The van der Waals surface area contributed by atoms with Crippen LogP contribution in [0.15, 0.2) is 18.2 Å². The lowest BCUT2D eigenvalue weighted by Gasteiger charge is -2.32. The first kappa shape index (κ1) is 17.3. The zero-order valence-corrected chi connectivity index (χ0v) is 14.7. The second-order valence-corrected chi connectivity index (χ2v) is 8.11. The van der Waals surface area contributed by atoms with Gasteiger partial charge in [0.15, 0.2) is 0 Å². The Morgan fingerprint density at radius 2 is 1.64 bits per heavy atom. The Bertz CT molecular complexity index is 657. The van der Waals surface area contributed by atoms with Gasteiger partial charge in [-0.05, 0) is 46.2 Å². The van der Waals surface area contributed by atoms with Gasteiger partial charge in [0.1, 0.15) is 0 Å². The van der Waals surface area contributed by atoms with Gasteiger partial charge in [0.2, 0.25) is 0 Å². The first-order chi connectivity index (χ1) is 9.97. The monoisotopic (exact) mass is 326 g/mol. The molecule has 8 heteroatoms. The van der Waals surface area contributed by atoms with Gasteiger partial charge in [0.25, 0.3) is 10.2 Å². The van der Waals surface area contributed by atoms with E-state index in [9.17, 15) is 8.42 Å². The number of aryl methyl sites for hydroxylation is 1. The molecule has 0 saturated carbocycles. The third-order valence-corrected chi connectivity index (χ3v) is 5.26. The molecular weight excluding hydrogens is 303 g/mol. The van der Waals surface area contributed by atoms with Crippen LogP contribution in [0, 0.1) is 6.92 Å². The molecular formula is C14H23BN2O4S. The molecule has 2 rings (SSSR count). The van der Waals surface area contributed by atoms with E-state index in [2.05, 4.69) is 9.44 Å². The van der Waals surface area contributed by atoms with E-state index in [0.29, 0.717) is 11.2 Å². The average molecular weight is 326 g/mol. The van der Waals surface area contributed by atoms with E-state index in [-0.39, 0.29) is 0 Å². The molecule has 1 aliphatic rings. The number of rotatable bonds is 4. The van der Waals surface area contributed by atoms with E-state index in [4.69, 9.17) is 9.31 Å². The minimum atomic E-state index is -3.61. The van der Waals surface area contributed by atoms with Crippen LogP contribution in [0.25, 0.3) is 0 Å². The maximum atomic E-state index is 11.8. The van der Waals surface area contributed by atoms with Gasteiger partial charge in [-0.15, -0.1) is 0 Å². The lowest BCUT2D eigenvalue weighted by Crippen LogP contribution is -2.41. The summed E-state index contributed by atoms with van der Waals surface area (Å²) >= 11 is 0. The van der Waals surface area contributed by atoms with Crippen LogP contribution in [0.1, 0.15) is 33.3 Å². The molecule has 122 valence electrons. The maximum absolute atomic E-state index is 11.8. The lowest BCUT2D eigenvalue weighted by atomic mass is 9.77. The van der Waals surface area contributed by atoms with Crippen molar-refractivity contribution < 1.29 is 17.7 Å². The topological polar surface area (TPSA) is 76.7 Å². The quantitative estimate of drug-likeness (QED) is 0.815. The van der Waals surface area contributed by atoms with E-state index in [1.165, 1.54) is 7.05 Å². The van der Waals surface area contributed by atoms with Gasteiger partial charge in [-0.25, -0.2) is 4.72 Å². The van der Waals surface area contributed by atoms with E-state index < -0.39 is 28.5 Å². The van der Waals surface area contributed by atoms with Gasteiger partial charge in [-0.1, -0.05) is 12.1 Å². The zero-order chi connectivity index (χ0) is 16.8. The van der Waals surface area contributed by atoms with Crippen molar-refractivity contribution in [1.29, 1.82) is 0 Å². The largest absolute Gasteiger partial charge is 0.497 e. The van der Waals surface area contributed by atoms with Crippen LogP contribution in [-0.2, 0) is 19.5 Å². The van der Waals surface area contributed by atoms with Gasteiger partial charge >= 0.3 is 7.12 Å². The number of anilines is 1. The first-order valence-electron chi connectivity index (χ1n) is 7.15. The summed E-state index contributed by atoms with van der Waals surface area (Å²) in [5.41, 5.74) is 1.08. The van der Waals surface area contributed by atoms with Gasteiger partial charge in [-0.2, -0.15) is 8.42 Å². The Balaban J connectivity index is 2.41. The molecule has 6 nitrogen and oxygen atoms in total. The molecule has 1 aromatic carbocycles. The van der Waals surface area contributed by atoms with E-state index >= 15 is 0 Å². The van der Waals surface area contributed by atoms with Gasteiger partial charge in [0, 0.05) is 18.2 Å². The molecule has 0 radical (unpaired) electrons. The van der Waals surface area contributed by atoms with Crippen LogP contribution in [0.4, 0.5) is 5.69 Å². The summed E-state index contributed by atoms with van der Waals surface area (Å²) in [5.74, 6) is 0. The Morgan fingerprint density at radius 1 is 1.09 bits per heavy atom. The molecule has 0 atom stereocenters. The van der Waals surface area contributed by atoms with E-state index in [1.807, 2.05) is 46.8 Å². The molecule has 0 unspecified atom stereocenters. The third-order valence-electron chi connectivity index (χ3n) is 4.23. The molecule has 1 saturated heterocycles. The van der Waals surface area contributed by atoms with Crippen LogP contribution in [0.3, 0.4) is 0 Å². The zero-order valence-electron chi connectivity index (χ0n) is 13.9. The fourth-order valence-corrected chi connectivity index (χ4v) is 2.70. The van der Waals surface area contributed by atoms with E-state index in [0.717, 1.165) is 5.56 Å². The summed E-state index contributed by atoms with van der Waals surface area (Å²) < 4.78 is 40.3. The molecule has 0 spiro atoms. The van der Waals surface area contributed by atoms with Crippen molar-refractivity contribution in [2.75, 3.05) is 11.8 Å². The van der Waals surface area contributed by atoms with Crippen molar-refractivity contribution in [2.24, 2.45) is 0 Å². The minimum absolute atomic E-state index is 0.452. The predicted octanol–water partition coefficient (Wildman–Crippen LogP) is 1.17. The highest BCUT2D eigenvalue weighted by atomic mass is 32.2. The fourth-order valence-electron chi connectivity index (χ4n) is 2.13. The van der Waals surface area contributed by atoms with Crippen molar-refractivity contribution >= 4 is 28.5 Å². The highest BCUT2D eigenvalue weighted by molar-refractivity contribution is 7.90. The molecule has 0 bridgehead atoms. The first-order valence-corrected chi connectivity index (χ1v) is 8.63. The van der Waals surface area contributed by atoms with Crippen LogP contribution < -0.4 is 14.9 Å². The predicted molar refractivity (Wildman–Crippen MR) is 88.5 cm³/mol. The average Bonchev–Trinajstić information content (AvgIpc) is 2.58. The van der Waals surface area contributed by atoms with Gasteiger partial charge in [0.05, 0.1) is 11.2 Å². The van der Waals surface area contributed by atoms with Gasteiger partial charge < -0.3 is 9.31 Å². The third kappa shape index (κ3) is 3.30. The molecule has 1 heterocycles. The highest BCUT2D eigenvalue weighted by Gasteiger charge is 2.52. The molecule has 0 amide bonds. The molecule has 0 aromatic heterocycles. The maximum Gasteiger partial charge on any atom is 0.497 e. The van der Waals surface area contributed by atoms with Crippen LogP contribution >= 0.6 is 0 Å².